The maximum Gasteiger partial charge on any atom is 0.325 e. The van der Waals surface area contributed by atoms with E-state index in [0.29, 0.717) is 5.69 Å². The standard InChI is InChI=1S/C11H18N4O3/c1-4-11(2,3)10(18)12-5-8-6-15(14-13-8)7-9(16)17/h6H,4-5,7H2,1-3H3,(H,12,18)(H,16,17). The topological polar surface area (TPSA) is 97.1 Å². The van der Waals surface area contributed by atoms with Gasteiger partial charge in [0.25, 0.3) is 0 Å². The number of nitrogens with one attached hydrogen (secondary N) is 1. The normalized spacial score (nSPS) is 11.3. The second-order valence-electron chi connectivity index (χ2n) is 4.72. The second kappa shape index (κ2) is 5.61. The minimum absolute atomic E-state index is 0.0576. The van der Waals surface area contributed by atoms with Crippen molar-refractivity contribution in [1.82, 2.24) is 20.3 Å². The van der Waals surface area contributed by atoms with Crippen LogP contribution in [0.4, 0.5) is 0 Å². The van der Waals surface area contributed by atoms with Crippen molar-refractivity contribution in [3.63, 3.8) is 0 Å². The van der Waals surface area contributed by atoms with Gasteiger partial charge in [0, 0.05) is 5.41 Å². The minimum Gasteiger partial charge on any atom is -0.480 e. The Bertz CT molecular complexity index is 439. The van der Waals surface area contributed by atoms with E-state index in [1.807, 2.05) is 20.8 Å². The molecule has 0 aliphatic carbocycles. The van der Waals surface area contributed by atoms with Gasteiger partial charge < -0.3 is 10.4 Å². The molecule has 0 bridgehead atoms. The first-order valence-electron chi connectivity index (χ1n) is 5.74. The molecule has 1 amide bonds. The van der Waals surface area contributed by atoms with Crippen molar-refractivity contribution < 1.29 is 14.7 Å². The second-order valence-corrected chi connectivity index (χ2v) is 4.72. The predicted molar refractivity (Wildman–Crippen MR) is 63.6 cm³/mol. The number of carbonyl (C=O) groups is 2. The maximum absolute atomic E-state index is 11.8. The number of amides is 1. The molecule has 2 N–H and O–H groups in total. The molecule has 1 rings (SSSR count). The molecule has 0 saturated heterocycles. The van der Waals surface area contributed by atoms with Gasteiger partial charge in [-0.1, -0.05) is 26.0 Å². The van der Waals surface area contributed by atoms with E-state index in [2.05, 4.69) is 15.6 Å². The summed E-state index contributed by atoms with van der Waals surface area (Å²) in [6, 6.07) is 0. The van der Waals surface area contributed by atoms with Crippen LogP contribution in [0.5, 0.6) is 0 Å². The highest BCUT2D eigenvalue weighted by Gasteiger charge is 2.24. The number of hydrogen-bond donors (Lipinski definition) is 2. The van der Waals surface area contributed by atoms with Crippen LogP contribution < -0.4 is 5.32 Å². The average molecular weight is 254 g/mol. The van der Waals surface area contributed by atoms with Gasteiger partial charge in [-0.05, 0) is 6.42 Å². The van der Waals surface area contributed by atoms with E-state index < -0.39 is 11.4 Å². The zero-order valence-corrected chi connectivity index (χ0v) is 10.8. The van der Waals surface area contributed by atoms with Gasteiger partial charge in [0.15, 0.2) is 0 Å². The Balaban J connectivity index is 2.51. The van der Waals surface area contributed by atoms with Gasteiger partial charge in [-0.2, -0.15) is 0 Å². The van der Waals surface area contributed by atoms with E-state index in [4.69, 9.17) is 5.11 Å². The summed E-state index contributed by atoms with van der Waals surface area (Å²) in [5, 5.41) is 18.8. The molecule has 0 aromatic carbocycles. The lowest BCUT2D eigenvalue weighted by Gasteiger charge is -2.20. The molecule has 100 valence electrons. The van der Waals surface area contributed by atoms with Crippen LogP contribution in [0.1, 0.15) is 32.9 Å². The predicted octanol–water partition coefficient (Wildman–Crippen LogP) is 0.415. The fraction of sp³-hybridized carbons (Fsp3) is 0.636. The van der Waals surface area contributed by atoms with Crippen molar-refractivity contribution in [2.75, 3.05) is 0 Å². The molecule has 0 aliphatic heterocycles. The Morgan fingerprint density at radius 3 is 2.72 bits per heavy atom. The lowest BCUT2D eigenvalue weighted by atomic mass is 9.89. The molecule has 1 aromatic rings. The Labute approximate surface area is 105 Å². The number of aromatic nitrogens is 3. The zero-order chi connectivity index (χ0) is 13.8. The van der Waals surface area contributed by atoms with Gasteiger partial charge in [0.2, 0.25) is 5.91 Å². The first-order chi connectivity index (χ1) is 8.35. The number of hydrogen-bond acceptors (Lipinski definition) is 4. The fourth-order valence-electron chi connectivity index (χ4n) is 1.21. The molecule has 0 spiro atoms. The highest BCUT2D eigenvalue weighted by molar-refractivity contribution is 5.81. The smallest absolute Gasteiger partial charge is 0.325 e. The van der Waals surface area contributed by atoms with Crippen molar-refractivity contribution in [3.8, 4) is 0 Å². The summed E-state index contributed by atoms with van der Waals surface area (Å²) in [4.78, 5) is 22.2. The summed E-state index contributed by atoms with van der Waals surface area (Å²) in [7, 11) is 0. The fourth-order valence-corrected chi connectivity index (χ4v) is 1.21. The SMILES string of the molecule is CCC(C)(C)C(=O)NCc1cn(CC(=O)O)nn1. The number of carbonyl (C=O) groups excluding carboxylic acids is 1. The van der Waals surface area contributed by atoms with Gasteiger partial charge in [-0.15, -0.1) is 5.10 Å². The number of nitrogens with zero attached hydrogens (tertiary/aromatic N) is 3. The molecule has 0 saturated carbocycles. The Morgan fingerprint density at radius 1 is 1.50 bits per heavy atom. The minimum atomic E-state index is -0.984. The Kier molecular flexibility index (Phi) is 4.41. The van der Waals surface area contributed by atoms with Crippen molar-refractivity contribution in [3.05, 3.63) is 11.9 Å². The van der Waals surface area contributed by atoms with E-state index in [1.165, 1.54) is 10.9 Å². The summed E-state index contributed by atoms with van der Waals surface area (Å²) in [5.74, 6) is -1.04. The highest BCUT2D eigenvalue weighted by atomic mass is 16.4. The van der Waals surface area contributed by atoms with Gasteiger partial charge in [0.1, 0.15) is 12.2 Å². The molecule has 18 heavy (non-hydrogen) atoms. The number of carboxylic acid groups (broad SMARTS) is 1. The van der Waals surface area contributed by atoms with Crippen LogP contribution in [0, 0.1) is 5.41 Å². The zero-order valence-electron chi connectivity index (χ0n) is 10.8. The Hall–Kier alpha value is -1.92. The van der Waals surface area contributed by atoms with E-state index in [1.54, 1.807) is 0 Å². The molecule has 0 unspecified atom stereocenters. The summed E-state index contributed by atoms with van der Waals surface area (Å²) >= 11 is 0. The molecule has 0 fully saturated rings. The highest BCUT2D eigenvalue weighted by Crippen LogP contribution is 2.19. The van der Waals surface area contributed by atoms with E-state index in [-0.39, 0.29) is 19.0 Å². The Morgan fingerprint density at radius 2 is 2.17 bits per heavy atom. The van der Waals surface area contributed by atoms with E-state index >= 15 is 0 Å². The van der Waals surface area contributed by atoms with Crippen LogP contribution in [0.25, 0.3) is 0 Å². The van der Waals surface area contributed by atoms with Crippen LogP contribution >= 0.6 is 0 Å². The lowest BCUT2D eigenvalue weighted by molar-refractivity contribution is -0.138. The van der Waals surface area contributed by atoms with Crippen LogP contribution in [-0.4, -0.2) is 32.0 Å². The molecule has 7 nitrogen and oxygen atoms in total. The molecule has 1 heterocycles. The lowest BCUT2D eigenvalue weighted by Crippen LogP contribution is -2.36. The molecule has 7 heteroatoms. The molecule has 0 aliphatic rings. The summed E-state index contributed by atoms with van der Waals surface area (Å²) < 4.78 is 1.22. The monoisotopic (exact) mass is 254 g/mol. The van der Waals surface area contributed by atoms with Crippen LogP contribution in [0.2, 0.25) is 0 Å². The van der Waals surface area contributed by atoms with Gasteiger partial charge >= 0.3 is 5.97 Å². The number of rotatable bonds is 6. The van der Waals surface area contributed by atoms with Crippen molar-refractivity contribution in [2.24, 2.45) is 5.41 Å². The van der Waals surface area contributed by atoms with Gasteiger partial charge in [-0.3, -0.25) is 9.59 Å². The molecule has 1 aromatic heterocycles. The third-order valence-electron chi connectivity index (χ3n) is 2.81. The van der Waals surface area contributed by atoms with E-state index in [0.717, 1.165) is 6.42 Å². The largest absolute Gasteiger partial charge is 0.480 e. The molecule has 0 radical (unpaired) electrons. The van der Waals surface area contributed by atoms with Crippen molar-refractivity contribution in [1.29, 1.82) is 0 Å². The van der Waals surface area contributed by atoms with Crippen molar-refractivity contribution in [2.45, 2.75) is 40.3 Å². The van der Waals surface area contributed by atoms with Crippen LogP contribution in [-0.2, 0) is 22.7 Å². The van der Waals surface area contributed by atoms with Gasteiger partial charge in [-0.25, -0.2) is 4.68 Å². The summed E-state index contributed by atoms with van der Waals surface area (Å²) in [6.45, 7) is 5.69. The number of aliphatic carboxylic acids is 1. The number of carboxylic acids is 1. The summed E-state index contributed by atoms with van der Waals surface area (Å²) in [5.41, 5.74) is 0.119. The first kappa shape index (κ1) is 14.1. The third kappa shape index (κ3) is 3.83. The van der Waals surface area contributed by atoms with Crippen molar-refractivity contribution >= 4 is 11.9 Å². The van der Waals surface area contributed by atoms with Crippen LogP contribution in [0.3, 0.4) is 0 Å². The quantitative estimate of drug-likeness (QED) is 0.766. The molecular formula is C11H18N4O3. The first-order valence-corrected chi connectivity index (χ1v) is 5.74. The molecule has 0 atom stereocenters. The van der Waals surface area contributed by atoms with E-state index in [9.17, 15) is 9.59 Å². The van der Waals surface area contributed by atoms with Gasteiger partial charge in [0.05, 0.1) is 12.7 Å². The summed E-state index contributed by atoms with van der Waals surface area (Å²) in [6.07, 6.45) is 2.25. The average Bonchev–Trinajstić information content (AvgIpc) is 2.72. The van der Waals surface area contributed by atoms with Crippen LogP contribution in [0.15, 0.2) is 6.20 Å². The molecular weight excluding hydrogens is 236 g/mol. The maximum atomic E-state index is 11.8. The third-order valence-corrected chi connectivity index (χ3v) is 2.81.